The lowest BCUT2D eigenvalue weighted by Crippen LogP contribution is -2.67. The molecule has 0 unspecified atom stereocenters. The van der Waals surface area contributed by atoms with Gasteiger partial charge in [0.2, 0.25) is 5.91 Å². The lowest BCUT2D eigenvalue weighted by Gasteiger charge is -2.44. The number of nitrogens with zero attached hydrogens (tertiary/aromatic N) is 2. The van der Waals surface area contributed by atoms with Gasteiger partial charge in [0.15, 0.2) is 0 Å². The first-order valence-electron chi connectivity index (χ1n) is 23.3. The van der Waals surface area contributed by atoms with Crippen molar-refractivity contribution in [2.24, 2.45) is 5.92 Å². The summed E-state index contributed by atoms with van der Waals surface area (Å²) in [5.41, 5.74) is 2.87. The van der Waals surface area contributed by atoms with E-state index >= 15 is 0 Å². The molecule has 0 saturated heterocycles. The van der Waals surface area contributed by atoms with E-state index in [1.54, 1.807) is 4.90 Å². The maximum Gasteiger partial charge on any atom is 0.412 e. The number of nitrogens with one attached hydrogen (secondary N) is 1. The van der Waals surface area contributed by atoms with E-state index in [9.17, 15) is 19.5 Å². The Labute approximate surface area is 382 Å². The summed E-state index contributed by atoms with van der Waals surface area (Å²) in [6.07, 6.45) is 6.35. The quantitative estimate of drug-likeness (QED) is 0.108. The van der Waals surface area contributed by atoms with Crippen molar-refractivity contribution in [1.29, 1.82) is 0 Å². The van der Waals surface area contributed by atoms with Crippen molar-refractivity contribution in [3.05, 3.63) is 115 Å². The summed E-state index contributed by atoms with van der Waals surface area (Å²) in [4.78, 5) is 42.1. The lowest BCUT2D eigenvalue weighted by molar-refractivity contribution is -0.137. The fourth-order valence-electron chi connectivity index (χ4n) is 9.62. The van der Waals surface area contributed by atoms with E-state index < -0.39 is 26.1 Å². The second-order valence-electron chi connectivity index (χ2n) is 19.9. The first-order chi connectivity index (χ1) is 30.5. The van der Waals surface area contributed by atoms with Crippen LogP contribution in [-0.2, 0) is 25.1 Å². The summed E-state index contributed by atoms with van der Waals surface area (Å²) in [5, 5.41) is 16.2. The SMILES string of the molecule is CN(CCCc1ccc(-c2ccccc2)c(N(C(=O)O)C2CCC(NC(=O)OC(C)(C)C)CC2)c1)C(=O)COC1CCC(CO[Si](c2ccccc2)(c2ccccc2)C(C)(C)C)CC1. The molecule has 0 bridgehead atoms. The van der Waals surface area contributed by atoms with Crippen molar-refractivity contribution >= 4 is 42.5 Å². The Morgan fingerprint density at radius 3 is 1.88 bits per heavy atom. The van der Waals surface area contributed by atoms with Crippen molar-refractivity contribution in [3.8, 4) is 11.1 Å². The number of likely N-dealkylation sites (N-methyl/N-ethyl adjacent to an activating group) is 1. The van der Waals surface area contributed by atoms with Gasteiger partial charge in [-0.05, 0) is 124 Å². The first-order valence-corrected chi connectivity index (χ1v) is 25.3. The number of carbonyl (C=O) groups excluding carboxylic acids is 2. The van der Waals surface area contributed by atoms with Gasteiger partial charge >= 0.3 is 12.2 Å². The highest BCUT2D eigenvalue weighted by atomic mass is 28.4. The number of hydrogen-bond donors (Lipinski definition) is 2. The number of alkyl carbamates (subject to hydrolysis) is 1. The molecule has 0 atom stereocenters. The third-order valence-electron chi connectivity index (χ3n) is 13.0. The predicted molar refractivity (Wildman–Crippen MR) is 259 cm³/mol. The highest BCUT2D eigenvalue weighted by Gasteiger charge is 2.50. The zero-order chi connectivity index (χ0) is 45.9. The Morgan fingerprint density at radius 2 is 1.33 bits per heavy atom. The summed E-state index contributed by atoms with van der Waals surface area (Å²) >= 11 is 0. The maximum absolute atomic E-state index is 13.3. The summed E-state index contributed by atoms with van der Waals surface area (Å²) in [6, 6.07) is 37.2. The topological polar surface area (TPSA) is 118 Å². The molecule has 0 aromatic heterocycles. The minimum atomic E-state index is -2.60. The van der Waals surface area contributed by atoms with Crippen molar-refractivity contribution in [1.82, 2.24) is 10.2 Å². The van der Waals surface area contributed by atoms with Gasteiger partial charge in [0.1, 0.15) is 12.2 Å². The monoisotopic (exact) mass is 890 g/mol. The highest BCUT2D eigenvalue weighted by Crippen LogP contribution is 2.39. The molecule has 2 N–H and O–H groups in total. The van der Waals surface area contributed by atoms with Gasteiger partial charge < -0.3 is 29.2 Å². The van der Waals surface area contributed by atoms with Gasteiger partial charge in [-0.15, -0.1) is 0 Å². The van der Waals surface area contributed by atoms with Crippen LogP contribution in [0, 0.1) is 5.92 Å². The standard InChI is InChI=1S/C53H71N3O7Si/c1-52(2,3)63-50(58)54-42-28-30-43(31-29-42)56(51(59)60)48-36-39(27-34-47(48)41-19-11-8-12-20-41)18-17-35-55(7)49(57)38-61-44-32-25-40(26-33-44)37-62-64(53(4,5)6,45-21-13-9-14-22-45)46-23-15-10-16-24-46/h8-16,19-24,27,34,36,40,42-44H,17-18,25-26,28-33,35,37-38H2,1-7H3,(H,54,58)(H,59,60). The molecule has 0 aliphatic heterocycles. The fraction of sp³-hybridized carbons (Fsp3) is 0.491. The number of carbonyl (C=O) groups is 3. The smallest absolute Gasteiger partial charge is 0.412 e. The molecule has 64 heavy (non-hydrogen) atoms. The number of amides is 3. The predicted octanol–water partition coefficient (Wildman–Crippen LogP) is 10.2. The molecule has 2 fully saturated rings. The fourth-order valence-corrected chi connectivity index (χ4v) is 14.3. The number of hydrogen-bond acceptors (Lipinski definition) is 6. The van der Waals surface area contributed by atoms with Gasteiger partial charge in [-0.1, -0.05) is 124 Å². The lowest BCUT2D eigenvalue weighted by atomic mass is 9.88. The van der Waals surface area contributed by atoms with Crippen molar-refractivity contribution in [2.45, 2.75) is 135 Å². The van der Waals surface area contributed by atoms with Gasteiger partial charge in [-0.25, -0.2) is 9.59 Å². The van der Waals surface area contributed by atoms with Crippen LogP contribution in [0.2, 0.25) is 5.04 Å². The Morgan fingerprint density at radius 1 is 0.750 bits per heavy atom. The average molecular weight is 890 g/mol. The van der Waals surface area contributed by atoms with Gasteiger partial charge in [-0.2, -0.15) is 0 Å². The van der Waals surface area contributed by atoms with E-state index in [1.165, 1.54) is 15.3 Å². The van der Waals surface area contributed by atoms with Crippen molar-refractivity contribution in [2.75, 3.05) is 31.7 Å². The molecular formula is C53H71N3O7Si. The third-order valence-corrected chi connectivity index (χ3v) is 18.0. The highest BCUT2D eigenvalue weighted by molar-refractivity contribution is 6.99. The molecule has 0 spiro atoms. The third kappa shape index (κ3) is 12.6. The van der Waals surface area contributed by atoms with E-state index in [2.05, 4.69) is 92.8 Å². The van der Waals surface area contributed by atoms with Crippen LogP contribution in [0.25, 0.3) is 11.1 Å². The van der Waals surface area contributed by atoms with E-state index in [4.69, 9.17) is 13.9 Å². The zero-order valence-electron chi connectivity index (χ0n) is 39.2. The molecule has 11 heteroatoms. The minimum Gasteiger partial charge on any atom is -0.465 e. The molecule has 4 aromatic rings. The molecular weight excluding hydrogens is 819 g/mol. The number of benzene rings is 4. The second-order valence-corrected chi connectivity index (χ2v) is 24.2. The number of carboxylic acid groups (broad SMARTS) is 1. The summed E-state index contributed by atoms with van der Waals surface area (Å²) in [6.45, 7) is 13.8. The van der Waals surface area contributed by atoms with Gasteiger partial charge in [0.25, 0.3) is 8.32 Å². The molecule has 344 valence electrons. The van der Waals surface area contributed by atoms with Crippen LogP contribution in [-0.4, -0.2) is 87.0 Å². The van der Waals surface area contributed by atoms with Crippen molar-refractivity contribution < 1.29 is 33.4 Å². The summed E-state index contributed by atoms with van der Waals surface area (Å²) in [7, 11) is -0.767. The molecule has 4 aromatic carbocycles. The van der Waals surface area contributed by atoms with E-state index in [-0.39, 0.29) is 35.7 Å². The van der Waals surface area contributed by atoms with Crippen LogP contribution in [0.1, 0.15) is 105 Å². The van der Waals surface area contributed by atoms with Gasteiger partial charge in [0, 0.05) is 37.8 Å². The minimum absolute atomic E-state index is 0.0360. The number of ether oxygens (including phenoxy) is 2. The molecule has 0 heterocycles. The maximum atomic E-state index is 13.3. The number of anilines is 1. The zero-order valence-corrected chi connectivity index (χ0v) is 40.2. The Hall–Kier alpha value is -4.97. The largest absolute Gasteiger partial charge is 0.465 e. The first kappa shape index (κ1) is 48.5. The van der Waals surface area contributed by atoms with E-state index in [0.29, 0.717) is 56.9 Å². The van der Waals surface area contributed by atoms with E-state index in [1.807, 2.05) is 70.3 Å². The normalized spacial score (nSPS) is 19.4. The number of rotatable bonds is 16. The molecule has 0 radical (unpaired) electrons. The summed E-state index contributed by atoms with van der Waals surface area (Å²) < 4.78 is 18.9. The molecule has 6 rings (SSSR count). The van der Waals surface area contributed by atoms with Crippen LogP contribution in [0.5, 0.6) is 0 Å². The van der Waals surface area contributed by atoms with Gasteiger partial charge in [0.05, 0.1) is 11.8 Å². The Balaban J connectivity index is 1.00. The summed E-state index contributed by atoms with van der Waals surface area (Å²) in [5.74, 6) is 0.402. The Kier molecular flexibility index (Phi) is 16.5. The van der Waals surface area contributed by atoms with Crippen molar-refractivity contribution in [3.63, 3.8) is 0 Å². The van der Waals surface area contributed by atoms with E-state index in [0.717, 1.165) is 48.8 Å². The van der Waals surface area contributed by atoms with Crippen LogP contribution < -0.4 is 20.6 Å². The Bertz CT molecular complexity index is 2070. The molecule has 2 aliphatic rings. The molecule has 10 nitrogen and oxygen atoms in total. The molecule has 3 amide bonds. The van der Waals surface area contributed by atoms with Crippen LogP contribution in [0.4, 0.5) is 15.3 Å². The van der Waals surface area contributed by atoms with Gasteiger partial charge in [-0.3, -0.25) is 9.69 Å². The average Bonchev–Trinajstić information content (AvgIpc) is 3.26. The second kappa shape index (κ2) is 21.8. The molecule has 2 saturated carbocycles. The van der Waals surface area contributed by atoms with Crippen LogP contribution >= 0.6 is 0 Å². The van der Waals surface area contributed by atoms with Crippen LogP contribution in [0.15, 0.2) is 109 Å². The number of aryl methyl sites for hydroxylation is 1. The van der Waals surface area contributed by atoms with Crippen LogP contribution in [0.3, 0.4) is 0 Å². The molecule has 2 aliphatic carbocycles.